The zero-order valence-electron chi connectivity index (χ0n) is 28.2. The number of carbonyl (C=O) groups is 3. The van der Waals surface area contributed by atoms with Gasteiger partial charge in [0, 0.05) is 16.2 Å². The molecule has 0 aliphatic heterocycles. The SMILES string of the molecule is CCC(C)(C)CC[C@@](C)(CCC(C)(C)[C@]1(C)CC[C@H]2C(C)(C)C(=O)C(C#N)=C[C@]2(C)/C1=C/C(C)=O)C(=O)NCC(F)(F)F. The summed E-state index contributed by atoms with van der Waals surface area (Å²) in [6, 6.07) is 2.09. The second-order valence-electron chi connectivity index (χ2n) is 15.9. The van der Waals surface area contributed by atoms with E-state index in [1.165, 1.54) is 6.92 Å². The highest BCUT2D eigenvalue weighted by molar-refractivity contribution is 6.04. The molecule has 242 valence electrons. The number of rotatable bonds is 11. The first-order chi connectivity index (χ1) is 19.3. The number of nitrogens with zero attached hydrogens (tertiary/aromatic N) is 1. The number of ketones is 2. The molecule has 4 atom stereocenters. The van der Waals surface area contributed by atoms with E-state index in [4.69, 9.17) is 0 Å². The molecule has 2 rings (SSSR count). The largest absolute Gasteiger partial charge is 0.405 e. The molecule has 2 aliphatic rings. The van der Waals surface area contributed by atoms with Crippen LogP contribution in [-0.4, -0.2) is 30.2 Å². The average molecular weight is 607 g/mol. The monoisotopic (exact) mass is 606 g/mol. The first kappa shape index (κ1) is 36.8. The number of carbonyl (C=O) groups excluding carboxylic acids is 3. The van der Waals surface area contributed by atoms with Crippen LogP contribution in [0.1, 0.15) is 121 Å². The summed E-state index contributed by atoms with van der Waals surface area (Å²) in [6.45, 7) is 20.3. The molecule has 0 radical (unpaired) electrons. The third-order valence-electron chi connectivity index (χ3n) is 11.5. The van der Waals surface area contributed by atoms with Crippen molar-refractivity contribution in [2.45, 2.75) is 127 Å². The highest BCUT2D eigenvalue weighted by atomic mass is 19.4. The predicted molar refractivity (Wildman–Crippen MR) is 164 cm³/mol. The highest BCUT2D eigenvalue weighted by Gasteiger charge is 2.61. The van der Waals surface area contributed by atoms with Gasteiger partial charge >= 0.3 is 6.18 Å². The van der Waals surface area contributed by atoms with E-state index in [0.717, 1.165) is 12.0 Å². The van der Waals surface area contributed by atoms with Gasteiger partial charge in [0.05, 0.1) is 5.57 Å². The molecule has 0 spiro atoms. The maximum absolute atomic E-state index is 13.4. The molecule has 1 N–H and O–H groups in total. The quantitative estimate of drug-likeness (QED) is 0.238. The Kier molecular flexibility index (Phi) is 10.4. The summed E-state index contributed by atoms with van der Waals surface area (Å²) in [5, 5.41) is 12.0. The summed E-state index contributed by atoms with van der Waals surface area (Å²) < 4.78 is 39.2. The lowest BCUT2D eigenvalue weighted by Crippen LogP contribution is -2.56. The molecule has 0 aromatic carbocycles. The summed E-state index contributed by atoms with van der Waals surface area (Å²) in [4.78, 5) is 39.3. The van der Waals surface area contributed by atoms with Crippen LogP contribution >= 0.6 is 0 Å². The molecule has 0 heterocycles. The lowest BCUT2D eigenvalue weighted by atomic mass is 9.42. The van der Waals surface area contributed by atoms with Crippen molar-refractivity contribution in [1.82, 2.24) is 5.32 Å². The highest BCUT2D eigenvalue weighted by Crippen LogP contribution is 2.67. The van der Waals surface area contributed by atoms with Crippen LogP contribution < -0.4 is 5.32 Å². The molecular weight excluding hydrogens is 553 g/mol. The number of halogens is 3. The number of amides is 1. The minimum absolute atomic E-state index is 0.0621. The average Bonchev–Trinajstić information content (AvgIpc) is 2.88. The van der Waals surface area contributed by atoms with Crippen molar-refractivity contribution >= 4 is 17.5 Å². The van der Waals surface area contributed by atoms with E-state index in [1.54, 1.807) is 19.1 Å². The van der Waals surface area contributed by atoms with Crippen LogP contribution in [0.25, 0.3) is 0 Å². The smallest absolute Gasteiger partial charge is 0.347 e. The first-order valence-electron chi connectivity index (χ1n) is 15.6. The van der Waals surface area contributed by atoms with Crippen molar-refractivity contribution in [3.8, 4) is 6.07 Å². The summed E-state index contributed by atoms with van der Waals surface area (Å²) in [5.41, 5.74) is -2.67. The molecule has 8 heteroatoms. The third kappa shape index (κ3) is 7.45. The van der Waals surface area contributed by atoms with E-state index in [9.17, 15) is 32.8 Å². The lowest BCUT2D eigenvalue weighted by Gasteiger charge is -2.61. The van der Waals surface area contributed by atoms with E-state index < -0.39 is 45.7 Å². The Bertz CT molecular complexity index is 1220. The number of hydrogen-bond acceptors (Lipinski definition) is 4. The number of nitriles is 1. The van der Waals surface area contributed by atoms with Gasteiger partial charge in [-0.25, -0.2) is 0 Å². The minimum Gasteiger partial charge on any atom is -0.347 e. The van der Waals surface area contributed by atoms with Crippen molar-refractivity contribution in [2.75, 3.05) is 6.54 Å². The summed E-state index contributed by atoms with van der Waals surface area (Å²) in [6.07, 6.45) is 3.24. The molecule has 0 aromatic heterocycles. The summed E-state index contributed by atoms with van der Waals surface area (Å²) in [5.74, 6) is -1.02. The van der Waals surface area contributed by atoms with Crippen LogP contribution in [0.2, 0.25) is 0 Å². The molecule has 43 heavy (non-hydrogen) atoms. The fraction of sp³-hybridized carbons (Fsp3) is 0.771. The van der Waals surface area contributed by atoms with E-state index in [2.05, 4.69) is 52.9 Å². The van der Waals surface area contributed by atoms with E-state index in [1.807, 2.05) is 20.8 Å². The molecular formula is C35H53F3N2O3. The van der Waals surface area contributed by atoms with Crippen molar-refractivity contribution in [3.05, 3.63) is 23.3 Å². The zero-order valence-corrected chi connectivity index (χ0v) is 28.2. The van der Waals surface area contributed by atoms with Crippen LogP contribution in [0.4, 0.5) is 13.2 Å². The van der Waals surface area contributed by atoms with Gasteiger partial charge in [-0.3, -0.25) is 14.4 Å². The van der Waals surface area contributed by atoms with Crippen molar-refractivity contribution in [1.29, 1.82) is 5.26 Å². The molecule has 1 amide bonds. The Hall–Kier alpha value is -2.43. The standard InChI is InChI=1S/C35H53F3N2O3/c1-12-29(3,4)15-17-32(9,28(43)40-22-35(36,37)38)18-16-30(5,6)34(11)14-13-25-31(7,8)27(42)24(21-39)20-33(25,10)26(34)19-23(2)41/h19-20,25H,12-18,22H2,1-11H3,(H,40,43)/b26-19-/t25-,32-,33-,34+/m0/s1. The number of fused-ring (bicyclic) bond motifs is 1. The van der Waals surface area contributed by atoms with Gasteiger partial charge in [-0.15, -0.1) is 0 Å². The Labute approximate surface area is 257 Å². The fourth-order valence-corrected chi connectivity index (χ4v) is 7.51. The number of hydrogen-bond donors (Lipinski definition) is 1. The van der Waals surface area contributed by atoms with Crippen molar-refractivity contribution < 1.29 is 27.6 Å². The number of alkyl halides is 3. The topological polar surface area (TPSA) is 87.0 Å². The maximum Gasteiger partial charge on any atom is 0.405 e. The van der Waals surface area contributed by atoms with Crippen LogP contribution in [-0.2, 0) is 14.4 Å². The number of Topliss-reactive ketones (excluding diaryl/α,β-unsaturated/α-hetero) is 1. The van der Waals surface area contributed by atoms with Gasteiger partial charge in [0.25, 0.3) is 0 Å². The lowest BCUT2D eigenvalue weighted by molar-refractivity contribution is -0.145. The van der Waals surface area contributed by atoms with Gasteiger partial charge in [0.1, 0.15) is 12.6 Å². The van der Waals surface area contributed by atoms with Crippen LogP contribution in [0.5, 0.6) is 0 Å². The first-order valence-corrected chi connectivity index (χ1v) is 15.6. The van der Waals surface area contributed by atoms with Crippen molar-refractivity contribution in [2.24, 2.45) is 38.4 Å². The van der Waals surface area contributed by atoms with Gasteiger partial charge in [-0.2, -0.15) is 18.4 Å². The normalized spacial score (nSPS) is 28.4. The Morgan fingerprint density at radius 1 is 1.05 bits per heavy atom. The van der Waals surface area contributed by atoms with Crippen LogP contribution in [0.3, 0.4) is 0 Å². The Balaban J connectivity index is 2.56. The van der Waals surface area contributed by atoms with Gasteiger partial charge in [0.2, 0.25) is 5.91 Å². The molecule has 0 unspecified atom stereocenters. The summed E-state index contributed by atoms with van der Waals surface area (Å²) in [7, 11) is 0. The maximum atomic E-state index is 13.4. The molecule has 1 saturated carbocycles. The Morgan fingerprint density at radius 3 is 2.09 bits per heavy atom. The summed E-state index contributed by atoms with van der Waals surface area (Å²) >= 11 is 0. The minimum atomic E-state index is -4.50. The molecule has 0 aromatic rings. The zero-order chi connectivity index (χ0) is 33.4. The number of nitrogens with one attached hydrogen (secondary N) is 1. The van der Waals surface area contributed by atoms with Gasteiger partial charge < -0.3 is 5.32 Å². The predicted octanol–water partition coefficient (Wildman–Crippen LogP) is 8.69. The molecule has 1 fully saturated rings. The van der Waals surface area contributed by atoms with Gasteiger partial charge in [-0.1, -0.05) is 87.3 Å². The van der Waals surface area contributed by atoms with Gasteiger partial charge in [0.15, 0.2) is 11.6 Å². The second-order valence-corrected chi connectivity index (χ2v) is 15.9. The second kappa shape index (κ2) is 12.2. The Morgan fingerprint density at radius 2 is 1.60 bits per heavy atom. The fourth-order valence-electron chi connectivity index (χ4n) is 7.51. The van der Waals surface area contributed by atoms with E-state index >= 15 is 0 Å². The van der Waals surface area contributed by atoms with Crippen LogP contribution in [0, 0.1) is 49.7 Å². The van der Waals surface area contributed by atoms with E-state index in [0.29, 0.717) is 38.5 Å². The molecule has 0 bridgehead atoms. The third-order valence-corrected chi connectivity index (χ3v) is 11.5. The molecule has 2 aliphatic carbocycles. The van der Waals surface area contributed by atoms with Crippen molar-refractivity contribution in [3.63, 3.8) is 0 Å². The number of allylic oxidation sites excluding steroid dienone is 4. The molecule has 0 saturated heterocycles. The van der Waals surface area contributed by atoms with E-state index in [-0.39, 0.29) is 28.5 Å². The molecule has 5 nitrogen and oxygen atoms in total. The van der Waals surface area contributed by atoms with Crippen LogP contribution in [0.15, 0.2) is 23.3 Å². The van der Waals surface area contributed by atoms with Gasteiger partial charge in [-0.05, 0) is 73.7 Å².